The minimum absolute atomic E-state index is 0.0113. The summed E-state index contributed by atoms with van der Waals surface area (Å²) in [6, 6.07) is 6.18. The number of urea groups is 1. The van der Waals surface area contributed by atoms with Gasteiger partial charge >= 0.3 is 6.03 Å². The Hall–Kier alpha value is -2.37. The summed E-state index contributed by atoms with van der Waals surface area (Å²) >= 11 is 0. The van der Waals surface area contributed by atoms with E-state index in [2.05, 4.69) is 16.0 Å². The molecule has 0 fully saturated rings. The first kappa shape index (κ1) is 15.7. The molecule has 108 valence electrons. The number of anilines is 1. The van der Waals surface area contributed by atoms with Gasteiger partial charge in [0.15, 0.2) is 5.78 Å². The van der Waals surface area contributed by atoms with E-state index in [1.807, 2.05) is 13.8 Å². The van der Waals surface area contributed by atoms with E-state index in [0.717, 1.165) is 0 Å². The normalized spacial score (nSPS) is 10.0. The van der Waals surface area contributed by atoms with Gasteiger partial charge in [-0.15, -0.1) is 0 Å². The van der Waals surface area contributed by atoms with E-state index in [9.17, 15) is 14.4 Å². The molecular weight excluding hydrogens is 258 g/mol. The number of ketones is 1. The van der Waals surface area contributed by atoms with Crippen molar-refractivity contribution in [2.75, 3.05) is 11.9 Å². The first-order chi connectivity index (χ1) is 9.38. The summed E-state index contributed by atoms with van der Waals surface area (Å²) in [5.74, 6) is -0.366. The minimum atomic E-state index is -0.387. The van der Waals surface area contributed by atoms with E-state index in [0.29, 0.717) is 11.3 Å². The number of rotatable bonds is 5. The lowest BCUT2D eigenvalue weighted by molar-refractivity contribution is -0.115. The van der Waals surface area contributed by atoms with Gasteiger partial charge in [0.1, 0.15) is 0 Å². The third-order valence-electron chi connectivity index (χ3n) is 2.40. The summed E-state index contributed by atoms with van der Waals surface area (Å²) in [7, 11) is 0. The molecule has 6 nitrogen and oxygen atoms in total. The predicted octanol–water partition coefficient (Wildman–Crippen LogP) is 1.54. The molecule has 0 spiro atoms. The molecule has 0 unspecified atom stereocenters. The van der Waals surface area contributed by atoms with Crippen LogP contribution in [0.4, 0.5) is 10.5 Å². The second kappa shape index (κ2) is 7.28. The third-order valence-corrected chi connectivity index (χ3v) is 2.40. The molecule has 0 saturated heterocycles. The molecule has 0 saturated carbocycles. The van der Waals surface area contributed by atoms with Crippen LogP contribution in [0, 0.1) is 0 Å². The number of carbonyl (C=O) groups is 3. The molecule has 0 bridgehead atoms. The highest BCUT2D eigenvalue weighted by molar-refractivity contribution is 5.96. The Bertz CT molecular complexity index is 495. The molecule has 0 aromatic heterocycles. The standard InChI is InChI=1S/C14H19N3O3/c1-9(2)16-14(20)15-8-13(19)17-12-6-4-11(5-7-12)10(3)18/h4-7,9H,8H2,1-3H3,(H,17,19)(H2,15,16,20). The summed E-state index contributed by atoms with van der Waals surface area (Å²) in [5.41, 5.74) is 1.16. The third kappa shape index (κ3) is 5.51. The van der Waals surface area contributed by atoms with E-state index in [-0.39, 0.29) is 30.3 Å². The Morgan fingerprint density at radius 1 is 1.10 bits per heavy atom. The van der Waals surface area contributed by atoms with Crippen molar-refractivity contribution in [3.05, 3.63) is 29.8 Å². The Labute approximate surface area is 117 Å². The van der Waals surface area contributed by atoms with Gasteiger partial charge in [-0.2, -0.15) is 0 Å². The van der Waals surface area contributed by atoms with E-state index in [4.69, 9.17) is 0 Å². The number of amides is 3. The second-order valence-electron chi connectivity index (χ2n) is 4.66. The van der Waals surface area contributed by atoms with Crippen LogP contribution in [-0.2, 0) is 4.79 Å². The molecule has 6 heteroatoms. The number of benzene rings is 1. The van der Waals surface area contributed by atoms with Gasteiger partial charge in [-0.1, -0.05) is 0 Å². The summed E-state index contributed by atoms with van der Waals surface area (Å²) in [5, 5.41) is 7.69. The lowest BCUT2D eigenvalue weighted by Crippen LogP contribution is -2.42. The Balaban J connectivity index is 2.42. The quantitative estimate of drug-likeness (QED) is 0.713. The second-order valence-corrected chi connectivity index (χ2v) is 4.66. The van der Waals surface area contributed by atoms with Crippen molar-refractivity contribution in [2.24, 2.45) is 0 Å². The smallest absolute Gasteiger partial charge is 0.315 e. The molecule has 0 heterocycles. The zero-order chi connectivity index (χ0) is 15.1. The fraction of sp³-hybridized carbons (Fsp3) is 0.357. The summed E-state index contributed by atoms with van der Waals surface area (Å²) in [6.07, 6.45) is 0. The lowest BCUT2D eigenvalue weighted by Gasteiger charge is -2.10. The number of Topliss-reactive ketones (excluding diaryl/α,β-unsaturated/α-hetero) is 1. The zero-order valence-corrected chi connectivity index (χ0v) is 11.8. The molecule has 0 atom stereocenters. The van der Waals surface area contributed by atoms with Crippen LogP contribution < -0.4 is 16.0 Å². The molecule has 1 aromatic carbocycles. The largest absolute Gasteiger partial charge is 0.336 e. The van der Waals surface area contributed by atoms with Gasteiger partial charge in [-0.3, -0.25) is 9.59 Å². The van der Waals surface area contributed by atoms with Crippen molar-refractivity contribution in [2.45, 2.75) is 26.8 Å². The molecule has 0 aliphatic carbocycles. The molecular formula is C14H19N3O3. The monoisotopic (exact) mass is 277 g/mol. The van der Waals surface area contributed by atoms with Crippen LogP contribution in [0.1, 0.15) is 31.1 Å². The van der Waals surface area contributed by atoms with E-state index < -0.39 is 0 Å². The first-order valence-corrected chi connectivity index (χ1v) is 6.33. The van der Waals surface area contributed by atoms with Gasteiger partial charge in [0.2, 0.25) is 5.91 Å². The van der Waals surface area contributed by atoms with Crippen molar-refractivity contribution in [3.8, 4) is 0 Å². The number of carbonyl (C=O) groups excluding carboxylic acids is 3. The molecule has 1 rings (SSSR count). The maximum absolute atomic E-state index is 11.6. The van der Waals surface area contributed by atoms with Crippen LogP contribution in [0.5, 0.6) is 0 Å². The van der Waals surface area contributed by atoms with Crippen molar-refractivity contribution < 1.29 is 14.4 Å². The van der Waals surface area contributed by atoms with Gasteiger partial charge in [-0.05, 0) is 45.0 Å². The van der Waals surface area contributed by atoms with Crippen LogP contribution >= 0.6 is 0 Å². The average Bonchev–Trinajstić information content (AvgIpc) is 2.36. The SMILES string of the molecule is CC(=O)c1ccc(NC(=O)CNC(=O)NC(C)C)cc1. The van der Waals surface area contributed by atoms with Crippen molar-refractivity contribution in [1.82, 2.24) is 10.6 Å². The molecule has 20 heavy (non-hydrogen) atoms. The number of nitrogens with one attached hydrogen (secondary N) is 3. The van der Waals surface area contributed by atoms with Crippen LogP contribution in [0.2, 0.25) is 0 Å². The van der Waals surface area contributed by atoms with Crippen molar-refractivity contribution in [3.63, 3.8) is 0 Å². The minimum Gasteiger partial charge on any atom is -0.336 e. The van der Waals surface area contributed by atoms with Crippen molar-refractivity contribution >= 4 is 23.4 Å². The highest BCUT2D eigenvalue weighted by atomic mass is 16.2. The van der Waals surface area contributed by atoms with Gasteiger partial charge in [0.25, 0.3) is 0 Å². The van der Waals surface area contributed by atoms with Crippen molar-refractivity contribution in [1.29, 1.82) is 0 Å². The molecule has 0 aliphatic heterocycles. The average molecular weight is 277 g/mol. The molecule has 0 radical (unpaired) electrons. The van der Waals surface area contributed by atoms with Crippen LogP contribution in [0.15, 0.2) is 24.3 Å². The van der Waals surface area contributed by atoms with Crippen LogP contribution in [0.3, 0.4) is 0 Å². The first-order valence-electron chi connectivity index (χ1n) is 6.33. The Morgan fingerprint density at radius 2 is 1.70 bits per heavy atom. The highest BCUT2D eigenvalue weighted by Gasteiger charge is 2.07. The summed E-state index contributed by atoms with van der Waals surface area (Å²) in [6.45, 7) is 5.02. The predicted molar refractivity (Wildman–Crippen MR) is 76.7 cm³/mol. The van der Waals surface area contributed by atoms with Gasteiger partial charge in [-0.25, -0.2) is 4.79 Å². The topological polar surface area (TPSA) is 87.3 Å². The lowest BCUT2D eigenvalue weighted by atomic mass is 10.1. The summed E-state index contributed by atoms with van der Waals surface area (Å²) in [4.78, 5) is 34.0. The molecule has 0 aliphatic rings. The van der Waals surface area contributed by atoms with Crippen LogP contribution in [-0.4, -0.2) is 30.3 Å². The maximum Gasteiger partial charge on any atom is 0.315 e. The Kier molecular flexibility index (Phi) is 5.71. The Morgan fingerprint density at radius 3 is 2.20 bits per heavy atom. The van der Waals surface area contributed by atoms with E-state index in [1.54, 1.807) is 24.3 Å². The zero-order valence-electron chi connectivity index (χ0n) is 11.8. The van der Waals surface area contributed by atoms with E-state index >= 15 is 0 Å². The van der Waals surface area contributed by atoms with Gasteiger partial charge in [0, 0.05) is 17.3 Å². The molecule has 1 aromatic rings. The van der Waals surface area contributed by atoms with E-state index in [1.165, 1.54) is 6.92 Å². The number of hydrogen-bond acceptors (Lipinski definition) is 3. The fourth-order valence-corrected chi connectivity index (χ4v) is 1.47. The summed E-state index contributed by atoms with van der Waals surface area (Å²) < 4.78 is 0. The maximum atomic E-state index is 11.6. The molecule has 3 amide bonds. The van der Waals surface area contributed by atoms with Crippen LogP contribution in [0.25, 0.3) is 0 Å². The van der Waals surface area contributed by atoms with Gasteiger partial charge in [0.05, 0.1) is 6.54 Å². The highest BCUT2D eigenvalue weighted by Crippen LogP contribution is 2.09. The number of hydrogen-bond donors (Lipinski definition) is 3. The fourth-order valence-electron chi connectivity index (χ4n) is 1.47. The van der Waals surface area contributed by atoms with Gasteiger partial charge < -0.3 is 16.0 Å². The molecule has 3 N–H and O–H groups in total.